The van der Waals surface area contributed by atoms with Gasteiger partial charge in [-0.3, -0.25) is 4.79 Å². The Bertz CT molecular complexity index is 969. The Kier molecular flexibility index (Phi) is 5.29. The van der Waals surface area contributed by atoms with Crippen molar-refractivity contribution >= 4 is 17.3 Å². The van der Waals surface area contributed by atoms with Gasteiger partial charge in [0.2, 0.25) is 0 Å². The molecule has 28 heavy (non-hydrogen) atoms. The fourth-order valence-electron chi connectivity index (χ4n) is 3.69. The van der Waals surface area contributed by atoms with Crippen LogP contribution in [-0.4, -0.2) is 13.0 Å². The van der Waals surface area contributed by atoms with Crippen molar-refractivity contribution < 1.29 is 9.53 Å². The van der Waals surface area contributed by atoms with E-state index in [-0.39, 0.29) is 5.91 Å². The third kappa shape index (κ3) is 4.01. The number of carbonyl (C=O) groups is 1. The molecule has 1 amide bonds. The van der Waals surface area contributed by atoms with E-state index in [1.807, 2.05) is 54.6 Å². The van der Waals surface area contributed by atoms with Gasteiger partial charge in [0.1, 0.15) is 11.8 Å². The Balaban J connectivity index is 1.59. The number of hydrogen-bond donors (Lipinski definition) is 2. The summed E-state index contributed by atoms with van der Waals surface area (Å²) in [7, 11) is 1.61. The van der Waals surface area contributed by atoms with Crippen LogP contribution in [0, 0.1) is 0 Å². The van der Waals surface area contributed by atoms with Crippen molar-refractivity contribution in [3.8, 4) is 5.75 Å². The molecule has 0 fully saturated rings. The summed E-state index contributed by atoms with van der Waals surface area (Å²) in [6.07, 6.45) is 3.46. The summed E-state index contributed by atoms with van der Waals surface area (Å²) in [5, 5.41) is 6.44. The summed E-state index contributed by atoms with van der Waals surface area (Å²) in [6, 6.07) is 23.1. The Hall–Kier alpha value is -3.27. The average molecular weight is 372 g/mol. The molecule has 0 spiro atoms. The summed E-state index contributed by atoms with van der Waals surface area (Å²) in [5.74, 6) is 0.598. The standard InChI is InChI=1S/C24H24N2O2/c1-28-22-12-6-11-20(16-22)26-24(27)23(18-7-3-2-4-8-18)25-21-14-13-17-9-5-10-19(17)15-21/h2-4,6-8,11-16,23,25H,5,9-10H2,1H3,(H,26,27). The highest BCUT2D eigenvalue weighted by Crippen LogP contribution is 2.28. The lowest BCUT2D eigenvalue weighted by atomic mass is 10.0. The minimum absolute atomic E-state index is 0.111. The van der Waals surface area contributed by atoms with E-state index in [0.717, 1.165) is 24.1 Å². The van der Waals surface area contributed by atoms with Crippen LogP contribution < -0.4 is 15.4 Å². The van der Waals surface area contributed by atoms with Gasteiger partial charge in [-0.25, -0.2) is 0 Å². The van der Waals surface area contributed by atoms with Crippen LogP contribution >= 0.6 is 0 Å². The van der Waals surface area contributed by atoms with Gasteiger partial charge in [-0.15, -0.1) is 0 Å². The van der Waals surface area contributed by atoms with E-state index in [1.54, 1.807) is 7.11 Å². The normalized spacial score (nSPS) is 13.5. The zero-order chi connectivity index (χ0) is 19.3. The van der Waals surface area contributed by atoms with Gasteiger partial charge in [-0.1, -0.05) is 42.5 Å². The molecule has 3 aromatic rings. The molecule has 0 saturated carbocycles. The number of carbonyl (C=O) groups excluding carboxylic acids is 1. The second kappa shape index (κ2) is 8.17. The Morgan fingerprint density at radius 1 is 0.893 bits per heavy atom. The number of nitrogens with one attached hydrogen (secondary N) is 2. The molecule has 142 valence electrons. The first-order valence-corrected chi connectivity index (χ1v) is 9.61. The lowest BCUT2D eigenvalue weighted by molar-refractivity contribution is -0.117. The SMILES string of the molecule is COc1cccc(NC(=O)C(Nc2ccc3c(c2)CCC3)c2ccccc2)c1. The van der Waals surface area contributed by atoms with Crippen LogP contribution in [0.5, 0.6) is 5.75 Å². The maximum atomic E-state index is 13.1. The predicted molar refractivity (Wildman–Crippen MR) is 113 cm³/mol. The molecule has 3 aromatic carbocycles. The molecule has 0 saturated heterocycles. The van der Waals surface area contributed by atoms with Crippen molar-refractivity contribution in [1.82, 2.24) is 0 Å². The maximum absolute atomic E-state index is 13.1. The van der Waals surface area contributed by atoms with Gasteiger partial charge < -0.3 is 15.4 Å². The first-order chi connectivity index (χ1) is 13.7. The third-order valence-electron chi connectivity index (χ3n) is 5.14. The highest BCUT2D eigenvalue weighted by atomic mass is 16.5. The topological polar surface area (TPSA) is 50.4 Å². The summed E-state index contributed by atoms with van der Waals surface area (Å²) in [4.78, 5) is 13.1. The van der Waals surface area contributed by atoms with Crippen LogP contribution in [0.25, 0.3) is 0 Å². The largest absolute Gasteiger partial charge is 0.497 e. The monoisotopic (exact) mass is 372 g/mol. The zero-order valence-corrected chi connectivity index (χ0v) is 15.9. The van der Waals surface area contributed by atoms with E-state index in [9.17, 15) is 4.79 Å². The van der Waals surface area contributed by atoms with Crippen LogP contribution in [0.4, 0.5) is 11.4 Å². The van der Waals surface area contributed by atoms with Crippen LogP contribution in [-0.2, 0) is 17.6 Å². The molecule has 4 heteroatoms. The van der Waals surface area contributed by atoms with E-state index in [1.165, 1.54) is 17.5 Å². The number of benzene rings is 3. The Morgan fingerprint density at radius 3 is 2.54 bits per heavy atom. The number of amides is 1. The molecule has 1 aliphatic rings. The van der Waals surface area contributed by atoms with Crippen LogP contribution in [0.3, 0.4) is 0 Å². The van der Waals surface area contributed by atoms with Gasteiger partial charge in [-0.2, -0.15) is 0 Å². The first kappa shape index (κ1) is 18.1. The molecule has 1 atom stereocenters. The van der Waals surface area contributed by atoms with Crippen molar-refractivity contribution in [3.05, 3.63) is 89.5 Å². The predicted octanol–water partition coefficient (Wildman–Crippen LogP) is 4.98. The van der Waals surface area contributed by atoms with Crippen molar-refractivity contribution in [3.63, 3.8) is 0 Å². The van der Waals surface area contributed by atoms with Gasteiger partial charge in [0.05, 0.1) is 7.11 Å². The third-order valence-corrected chi connectivity index (χ3v) is 5.14. The molecule has 2 N–H and O–H groups in total. The highest BCUT2D eigenvalue weighted by molar-refractivity contribution is 5.97. The minimum atomic E-state index is -0.494. The lowest BCUT2D eigenvalue weighted by Crippen LogP contribution is -2.27. The van der Waals surface area contributed by atoms with Crippen molar-refractivity contribution in [2.75, 3.05) is 17.7 Å². The molecule has 1 unspecified atom stereocenters. The number of hydrogen-bond acceptors (Lipinski definition) is 3. The molecule has 0 aliphatic heterocycles. The number of ether oxygens (including phenoxy) is 1. The number of anilines is 2. The smallest absolute Gasteiger partial charge is 0.251 e. The molecule has 0 bridgehead atoms. The van der Waals surface area contributed by atoms with Crippen LogP contribution in [0.15, 0.2) is 72.8 Å². The molecular formula is C24H24N2O2. The van der Waals surface area contributed by atoms with E-state index < -0.39 is 6.04 Å². The molecule has 0 aromatic heterocycles. The van der Waals surface area contributed by atoms with Gasteiger partial charge in [0, 0.05) is 17.4 Å². The summed E-state index contributed by atoms with van der Waals surface area (Å²) in [6.45, 7) is 0. The number of methoxy groups -OCH3 is 1. The van der Waals surface area contributed by atoms with Gasteiger partial charge in [0.25, 0.3) is 5.91 Å². The quantitative estimate of drug-likeness (QED) is 0.642. The molecule has 4 rings (SSSR count). The van der Waals surface area contributed by atoms with E-state index in [2.05, 4.69) is 28.8 Å². The molecular weight excluding hydrogens is 348 g/mol. The average Bonchev–Trinajstić information content (AvgIpc) is 3.20. The van der Waals surface area contributed by atoms with E-state index in [0.29, 0.717) is 11.4 Å². The van der Waals surface area contributed by atoms with Crippen LogP contribution in [0.2, 0.25) is 0 Å². The van der Waals surface area contributed by atoms with Crippen molar-refractivity contribution in [2.45, 2.75) is 25.3 Å². The summed E-state index contributed by atoms with van der Waals surface area (Å²) < 4.78 is 5.25. The van der Waals surface area contributed by atoms with Crippen molar-refractivity contribution in [2.24, 2.45) is 0 Å². The fraction of sp³-hybridized carbons (Fsp3) is 0.208. The zero-order valence-electron chi connectivity index (χ0n) is 15.9. The molecule has 4 nitrogen and oxygen atoms in total. The van der Waals surface area contributed by atoms with E-state index in [4.69, 9.17) is 4.74 Å². The fourth-order valence-corrected chi connectivity index (χ4v) is 3.69. The van der Waals surface area contributed by atoms with Gasteiger partial charge in [-0.05, 0) is 60.2 Å². The molecule has 0 heterocycles. The summed E-state index contributed by atoms with van der Waals surface area (Å²) in [5.41, 5.74) is 5.40. The highest BCUT2D eigenvalue weighted by Gasteiger charge is 2.21. The van der Waals surface area contributed by atoms with Crippen LogP contribution in [0.1, 0.15) is 29.2 Å². The van der Waals surface area contributed by atoms with Gasteiger partial charge in [0.15, 0.2) is 0 Å². The summed E-state index contributed by atoms with van der Waals surface area (Å²) >= 11 is 0. The molecule has 1 aliphatic carbocycles. The Morgan fingerprint density at radius 2 is 1.71 bits per heavy atom. The van der Waals surface area contributed by atoms with Crippen molar-refractivity contribution in [1.29, 1.82) is 0 Å². The van der Waals surface area contributed by atoms with E-state index >= 15 is 0 Å². The second-order valence-corrected chi connectivity index (χ2v) is 7.05. The number of aryl methyl sites for hydroxylation is 2. The maximum Gasteiger partial charge on any atom is 0.251 e. The second-order valence-electron chi connectivity index (χ2n) is 7.05. The number of fused-ring (bicyclic) bond motifs is 1. The molecule has 0 radical (unpaired) electrons. The minimum Gasteiger partial charge on any atom is -0.497 e. The first-order valence-electron chi connectivity index (χ1n) is 9.61. The van der Waals surface area contributed by atoms with Gasteiger partial charge >= 0.3 is 0 Å². The number of rotatable bonds is 6. The lowest BCUT2D eigenvalue weighted by Gasteiger charge is -2.21. The Labute approximate surface area is 165 Å².